The molecule has 2 aromatic carbocycles. The molecule has 0 atom stereocenters. The van der Waals surface area contributed by atoms with Gasteiger partial charge in [0.05, 0.1) is 11.7 Å². The van der Waals surface area contributed by atoms with Gasteiger partial charge in [-0.15, -0.1) is 0 Å². The number of carbonyl (C=O) groups is 1. The molecule has 1 aromatic heterocycles. The molecule has 0 aliphatic heterocycles. The standard InChI is InChI=1S/C15H13N3OS/c1-18(2)12-6-3-10(4-7-12)13-8-5-11(9-19)14-15(13)17-20-16-14/h3-9H,1-2H3. The highest BCUT2D eigenvalue weighted by Gasteiger charge is 2.11. The second kappa shape index (κ2) is 5.02. The van der Waals surface area contributed by atoms with Crippen molar-refractivity contribution in [2.24, 2.45) is 0 Å². The first kappa shape index (κ1) is 12.7. The van der Waals surface area contributed by atoms with Gasteiger partial charge < -0.3 is 4.90 Å². The minimum atomic E-state index is 0.586. The van der Waals surface area contributed by atoms with Crippen LogP contribution in [0.2, 0.25) is 0 Å². The third-order valence-electron chi connectivity index (χ3n) is 3.27. The minimum Gasteiger partial charge on any atom is -0.378 e. The predicted molar refractivity (Wildman–Crippen MR) is 82.6 cm³/mol. The van der Waals surface area contributed by atoms with Crippen LogP contribution in [0.4, 0.5) is 5.69 Å². The maximum atomic E-state index is 11.0. The van der Waals surface area contributed by atoms with Gasteiger partial charge in [-0.25, -0.2) is 0 Å². The molecular weight excluding hydrogens is 270 g/mol. The fourth-order valence-corrected chi connectivity index (χ4v) is 2.73. The van der Waals surface area contributed by atoms with Crippen molar-refractivity contribution in [3.05, 3.63) is 42.0 Å². The number of fused-ring (bicyclic) bond motifs is 1. The lowest BCUT2D eigenvalue weighted by Crippen LogP contribution is -2.07. The highest BCUT2D eigenvalue weighted by molar-refractivity contribution is 7.00. The van der Waals surface area contributed by atoms with Gasteiger partial charge in [0.2, 0.25) is 0 Å². The zero-order valence-corrected chi connectivity index (χ0v) is 12.0. The number of rotatable bonds is 3. The van der Waals surface area contributed by atoms with E-state index < -0.39 is 0 Å². The number of hydrogen-bond donors (Lipinski definition) is 0. The Morgan fingerprint density at radius 2 is 1.70 bits per heavy atom. The highest BCUT2D eigenvalue weighted by Crippen LogP contribution is 2.30. The van der Waals surface area contributed by atoms with Gasteiger partial charge in [-0.05, 0) is 23.8 Å². The van der Waals surface area contributed by atoms with Crippen molar-refractivity contribution in [2.75, 3.05) is 19.0 Å². The van der Waals surface area contributed by atoms with Crippen molar-refractivity contribution in [2.45, 2.75) is 0 Å². The topological polar surface area (TPSA) is 46.1 Å². The molecule has 1 heterocycles. The van der Waals surface area contributed by atoms with Gasteiger partial charge in [-0.1, -0.05) is 18.2 Å². The number of benzene rings is 2. The number of nitrogens with zero attached hydrogens (tertiary/aromatic N) is 3. The zero-order chi connectivity index (χ0) is 14.1. The molecule has 100 valence electrons. The number of anilines is 1. The van der Waals surface area contributed by atoms with Gasteiger partial charge in [-0.3, -0.25) is 4.79 Å². The van der Waals surface area contributed by atoms with Crippen LogP contribution in [0.15, 0.2) is 36.4 Å². The van der Waals surface area contributed by atoms with Gasteiger partial charge in [-0.2, -0.15) is 8.75 Å². The summed E-state index contributed by atoms with van der Waals surface area (Å²) in [6.07, 6.45) is 0.822. The maximum Gasteiger partial charge on any atom is 0.152 e. The van der Waals surface area contributed by atoms with Crippen LogP contribution >= 0.6 is 11.7 Å². The first-order chi connectivity index (χ1) is 9.70. The Balaban J connectivity index is 2.15. The molecule has 0 aliphatic carbocycles. The second-order valence-electron chi connectivity index (χ2n) is 4.72. The fourth-order valence-electron chi connectivity index (χ4n) is 2.15. The molecule has 0 fully saturated rings. The van der Waals surface area contributed by atoms with Crippen molar-refractivity contribution in [1.82, 2.24) is 8.75 Å². The van der Waals surface area contributed by atoms with E-state index in [4.69, 9.17) is 0 Å². The largest absolute Gasteiger partial charge is 0.378 e. The van der Waals surface area contributed by atoms with Crippen LogP contribution in [-0.2, 0) is 0 Å². The zero-order valence-electron chi connectivity index (χ0n) is 11.2. The van der Waals surface area contributed by atoms with Crippen molar-refractivity contribution in [1.29, 1.82) is 0 Å². The summed E-state index contributed by atoms with van der Waals surface area (Å²) < 4.78 is 8.53. The third-order valence-corrected chi connectivity index (χ3v) is 3.80. The molecule has 3 aromatic rings. The van der Waals surface area contributed by atoms with Gasteiger partial charge in [0.1, 0.15) is 11.0 Å². The summed E-state index contributed by atoms with van der Waals surface area (Å²) in [5.41, 5.74) is 5.28. The van der Waals surface area contributed by atoms with Crippen molar-refractivity contribution < 1.29 is 4.79 Å². The van der Waals surface area contributed by atoms with Gasteiger partial charge in [0.15, 0.2) is 6.29 Å². The van der Waals surface area contributed by atoms with Crippen LogP contribution < -0.4 is 4.90 Å². The smallest absolute Gasteiger partial charge is 0.152 e. The van der Waals surface area contributed by atoms with E-state index in [1.165, 1.54) is 0 Å². The molecule has 0 aliphatic rings. The van der Waals surface area contributed by atoms with E-state index in [9.17, 15) is 4.79 Å². The Morgan fingerprint density at radius 1 is 1.00 bits per heavy atom. The molecule has 5 heteroatoms. The molecule has 0 spiro atoms. The van der Waals surface area contributed by atoms with E-state index in [-0.39, 0.29) is 0 Å². The van der Waals surface area contributed by atoms with Crippen LogP contribution in [-0.4, -0.2) is 29.1 Å². The second-order valence-corrected chi connectivity index (χ2v) is 5.25. The Bertz CT molecular complexity index is 762. The van der Waals surface area contributed by atoms with Crippen molar-refractivity contribution >= 4 is 34.7 Å². The third kappa shape index (κ3) is 2.06. The van der Waals surface area contributed by atoms with E-state index >= 15 is 0 Å². The summed E-state index contributed by atoms with van der Waals surface area (Å²) in [6.45, 7) is 0. The van der Waals surface area contributed by atoms with E-state index in [0.717, 1.165) is 40.3 Å². The number of aromatic nitrogens is 2. The lowest BCUT2D eigenvalue weighted by Gasteiger charge is -2.12. The summed E-state index contributed by atoms with van der Waals surface area (Å²) in [5.74, 6) is 0. The molecule has 0 amide bonds. The number of hydrogen-bond acceptors (Lipinski definition) is 5. The van der Waals surface area contributed by atoms with Crippen LogP contribution in [0.25, 0.3) is 22.2 Å². The molecule has 0 saturated heterocycles. The molecule has 0 N–H and O–H groups in total. The summed E-state index contributed by atoms with van der Waals surface area (Å²) in [5, 5.41) is 0. The monoisotopic (exact) mass is 283 g/mol. The summed E-state index contributed by atoms with van der Waals surface area (Å²) in [7, 11) is 4.02. The molecule has 0 radical (unpaired) electrons. The molecule has 0 bridgehead atoms. The average molecular weight is 283 g/mol. The van der Waals surface area contributed by atoms with E-state index in [1.54, 1.807) is 6.07 Å². The molecule has 0 saturated carbocycles. The Morgan fingerprint density at radius 3 is 2.35 bits per heavy atom. The quantitative estimate of drug-likeness (QED) is 0.692. The first-order valence-corrected chi connectivity index (χ1v) is 6.92. The molecule has 20 heavy (non-hydrogen) atoms. The van der Waals surface area contributed by atoms with Crippen LogP contribution in [0.3, 0.4) is 0 Å². The van der Waals surface area contributed by atoms with Crippen molar-refractivity contribution in [3.8, 4) is 11.1 Å². The van der Waals surface area contributed by atoms with E-state index in [0.29, 0.717) is 11.1 Å². The number of aldehydes is 1. The Hall–Kier alpha value is -2.27. The molecule has 0 unspecified atom stereocenters. The highest BCUT2D eigenvalue weighted by atomic mass is 32.1. The van der Waals surface area contributed by atoms with Crippen LogP contribution in [0.1, 0.15) is 10.4 Å². The van der Waals surface area contributed by atoms with E-state index in [2.05, 4.69) is 37.9 Å². The Kier molecular flexibility index (Phi) is 3.20. The summed E-state index contributed by atoms with van der Waals surface area (Å²) in [6, 6.07) is 12.0. The minimum absolute atomic E-state index is 0.586. The van der Waals surface area contributed by atoms with Crippen LogP contribution in [0.5, 0.6) is 0 Å². The predicted octanol–water partition coefficient (Wildman–Crippen LogP) is 3.24. The first-order valence-electron chi connectivity index (χ1n) is 6.19. The molecular formula is C15H13N3OS. The van der Waals surface area contributed by atoms with Gasteiger partial charge >= 0.3 is 0 Å². The summed E-state index contributed by atoms with van der Waals surface area (Å²) in [4.78, 5) is 13.1. The summed E-state index contributed by atoms with van der Waals surface area (Å²) >= 11 is 1.13. The number of carbonyl (C=O) groups excluding carboxylic acids is 1. The maximum absolute atomic E-state index is 11.0. The van der Waals surface area contributed by atoms with Crippen molar-refractivity contribution in [3.63, 3.8) is 0 Å². The molecule has 3 rings (SSSR count). The average Bonchev–Trinajstić information content (AvgIpc) is 2.95. The molecule has 4 nitrogen and oxygen atoms in total. The van der Waals surface area contributed by atoms with Gasteiger partial charge in [0.25, 0.3) is 0 Å². The Labute approximate surface area is 121 Å². The normalized spacial score (nSPS) is 10.7. The lowest BCUT2D eigenvalue weighted by atomic mass is 10.0. The fraction of sp³-hybridized carbons (Fsp3) is 0.133. The SMILES string of the molecule is CN(C)c1ccc(-c2ccc(C=O)c3nsnc23)cc1. The van der Waals surface area contributed by atoms with Gasteiger partial charge in [0, 0.05) is 30.9 Å². The lowest BCUT2D eigenvalue weighted by molar-refractivity contribution is 0.112. The van der Waals surface area contributed by atoms with E-state index in [1.807, 2.05) is 20.2 Å². The van der Waals surface area contributed by atoms with Crippen LogP contribution in [0, 0.1) is 0 Å².